The Morgan fingerprint density at radius 2 is 1.79 bits per heavy atom. The molecule has 1 heterocycles. The molecule has 0 bridgehead atoms. The molecule has 0 spiro atoms. The predicted molar refractivity (Wildman–Crippen MR) is 78.6 cm³/mol. The van der Waals surface area contributed by atoms with E-state index < -0.39 is 0 Å². The maximum absolute atomic E-state index is 5.70. The van der Waals surface area contributed by atoms with Gasteiger partial charge < -0.3 is 5.73 Å². The molecule has 0 fully saturated rings. The first-order chi connectivity index (χ1) is 9.35. The van der Waals surface area contributed by atoms with Crippen LogP contribution >= 0.6 is 0 Å². The summed E-state index contributed by atoms with van der Waals surface area (Å²) < 4.78 is 0. The lowest BCUT2D eigenvalue weighted by Crippen LogP contribution is -2.30. The Hall–Kier alpha value is -1.64. The first-order valence-corrected chi connectivity index (χ1v) is 6.92. The molecule has 1 aliphatic heterocycles. The zero-order valence-electron chi connectivity index (χ0n) is 11.2. The molecule has 2 heteroatoms. The van der Waals surface area contributed by atoms with Gasteiger partial charge in [0.1, 0.15) is 0 Å². The lowest BCUT2D eigenvalue weighted by molar-refractivity contribution is 0.245. The third-order valence-corrected chi connectivity index (χ3v) is 3.85. The standard InChI is InChI=1S/C17H20N2/c18-11-15-6-7-17-13-19(9-8-16(17)10-15)12-14-4-2-1-3-5-14/h1-7,10H,8-9,11-13,18H2. The number of rotatable bonds is 3. The summed E-state index contributed by atoms with van der Waals surface area (Å²) in [6.07, 6.45) is 1.13. The summed E-state index contributed by atoms with van der Waals surface area (Å²) in [6, 6.07) is 17.4. The van der Waals surface area contributed by atoms with Gasteiger partial charge in [-0.15, -0.1) is 0 Å². The molecule has 0 unspecified atom stereocenters. The maximum Gasteiger partial charge on any atom is 0.0240 e. The van der Waals surface area contributed by atoms with Crippen LogP contribution in [0.2, 0.25) is 0 Å². The van der Waals surface area contributed by atoms with Gasteiger partial charge in [-0.1, -0.05) is 48.5 Å². The smallest absolute Gasteiger partial charge is 0.0240 e. The van der Waals surface area contributed by atoms with Crippen molar-refractivity contribution >= 4 is 0 Å². The molecule has 0 saturated heterocycles. The molecule has 0 saturated carbocycles. The Morgan fingerprint density at radius 1 is 0.947 bits per heavy atom. The fourth-order valence-corrected chi connectivity index (χ4v) is 2.77. The van der Waals surface area contributed by atoms with Crippen LogP contribution in [0.4, 0.5) is 0 Å². The van der Waals surface area contributed by atoms with Crippen LogP contribution in [-0.4, -0.2) is 11.4 Å². The Morgan fingerprint density at radius 3 is 2.58 bits per heavy atom. The van der Waals surface area contributed by atoms with E-state index in [-0.39, 0.29) is 0 Å². The molecule has 0 amide bonds. The van der Waals surface area contributed by atoms with E-state index in [0.717, 1.165) is 26.1 Å². The fourth-order valence-electron chi connectivity index (χ4n) is 2.77. The lowest BCUT2D eigenvalue weighted by atomic mass is 9.97. The Labute approximate surface area is 114 Å². The van der Waals surface area contributed by atoms with E-state index >= 15 is 0 Å². The van der Waals surface area contributed by atoms with E-state index in [2.05, 4.69) is 53.4 Å². The van der Waals surface area contributed by atoms with E-state index in [1.54, 1.807) is 0 Å². The summed E-state index contributed by atoms with van der Waals surface area (Å²) in [5.74, 6) is 0. The van der Waals surface area contributed by atoms with Crippen LogP contribution in [-0.2, 0) is 26.1 Å². The number of hydrogen-bond donors (Lipinski definition) is 1. The second-order valence-electron chi connectivity index (χ2n) is 5.25. The van der Waals surface area contributed by atoms with E-state index in [0.29, 0.717) is 6.54 Å². The van der Waals surface area contributed by atoms with E-state index in [9.17, 15) is 0 Å². The van der Waals surface area contributed by atoms with Crippen LogP contribution < -0.4 is 5.73 Å². The Bertz CT molecular complexity index is 548. The topological polar surface area (TPSA) is 29.3 Å². The average molecular weight is 252 g/mol. The molecule has 0 aliphatic carbocycles. The lowest BCUT2D eigenvalue weighted by Gasteiger charge is -2.29. The molecule has 3 rings (SSSR count). The van der Waals surface area contributed by atoms with Crippen LogP contribution in [0.1, 0.15) is 22.3 Å². The summed E-state index contributed by atoms with van der Waals surface area (Å²) in [4.78, 5) is 2.51. The van der Waals surface area contributed by atoms with Gasteiger partial charge in [-0.3, -0.25) is 4.90 Å². The van der Waals surface area contributed by atoms with Crippen molar-refractivity contribution in [2.45, 2.75) is 26.1 Å². The van der Waals surface area contributed by atoms with E-state index in [1.807, 2.05) is 0 Å². The molecule has 1 aliphatic rings. The molecule has 0 radical (unpaired) electrons. The Kier molecular flexibility index (Phi) is 3.62. The number of hydrogen-bond acceptors (Lipinski definition) is 2. The first kappa shape index (κ1) is 12.4. The molecular formula is C17H20N2. The van der Waals surface area contributed by atoms with Crippen molar-refractivity contribution in [3.05, 3.63) is 70.8 Å². The summed E-state index contributed by atoms with van der Waals surface area (Å²) in [5.41, 5.74) is 11.3. The molecule has 2 N–H and O–H groups in total. The number of nitrogens with zero attached hydrogens (tertiary/aromatic N) is 1. The Balaban J connectivity index is 1.72. The van der Waals surface area contributed by atoms with Crippen LogP contribution in [0.5, 0.6) is 0 Å². The molecule has 98 valence electrons. The van der Waals surface area contributed by atoms with Crippen molar-refractivity contribution in [1.29, 1.82) is 0 Å². The normalized spacial score (nSPS) is 15.2. The molecule has 2 aromatic rings. The fraction of sp³-hybridized carbons (Fsp3) is 0.294. The molecule has 19 heavy (non-hydrogen) atoms. The summed E-state index contributed by atoms with van der Waals surface area (Å²) in [5, 5.41) is 0. The van der Waals surface area contributed by atoms with Gasteiger partial charge in [0.25, 0.3) is 0 Å². The minimum atomic E-state index is 0.640. The second-order valence-corrected chi connectivity index (χ2v) is 5.25. The second kappa shape index (κ2) is 5.55. The van der Waals surface area contributed by atoms with Crippen LogP contribution in [0, 0.1) is 0 Å². The highest BCUT2D eigenvalue weighted by Crippen LogP contribution is 2.21. The van der Waals surface area contributed by atoms with Gasteiger partial charge in [-0.2, -0.15) is 0 Å². The van der Waals surface area contributed by atoms with Gasteiger partial charge in [-0.25, -0.2) is 0 Å². The third-order valence-electron chi connectivity index (χ3n) is 3.85. The van der Waals surface area contributed by atoms with Gasteiger partial charge in [0.05, 0.1) is 0 Å². The molecular weight excluding hydrogens is 232 g/mol. The van der Waals surface area contributed by atoms with Crippen molar-refractivity contribution in [2.75, 3.05) is 6.54 Å². The van der Waals surface area contributed by atoms with Crippen LogP contribution in [0.3, 0.4) is 0 Å². The quantitative estimate of drug-likeness (QED) is 0.910. The van der Waals surface area contributed by atoms with Crippen molar-refractivity contribution in [2.24, 2.45) is 5.73 Å². The highest BCUT2D eigenvalue weighted by Gasteiger charge is 2.16. The highest BCUT2D eigenvalue weighted by atomic mass is 15.1. The van der Waals surface area contributed by atoms with Crippen LogP contribution in [0.15, 0.2) is 48.5 Å². The van der Waals surface area contributed by atoms with Crippen molar-refractivity contribution in [3.8, 4) is 0 Å². The first-order valence-electron chi connectivity index (χ1n) is 6.92. The summed E-state index contributed by atoms with van der Waals surface area (Å²) in [7, 11) is 0. The highest BCUT2D eigenvalue weighted by molar-refractivity contribution is 5.34. The zero-order valence-corrected chi connectivity index (χ0v) is 11.2. The molecule has 0 aromatic heterocycles. The molecule has 2 nitrogen and oxygen atoms in total. The minimum absolute atomic E-state index is 0.640. The SMILES string of the molecule is NCc1ccc2c(c1)CCN(Cc1ccccc1)C2. The third kappa shape index (κ3) is 2.86. The largest absolute Gasteiger partial charge is 0.326 e. The van der Waals surface area contributed by atoms with Crippen LogP contribution in [0.25, 0.3) is 0 Å². The van der Waals surface area contributed by atoms with Crippen molar-refractivity contribution in [1.82, 2.24) is 4.90 Å². The molecule has 2 aromatic carbocycles. The van der Waals surface area contributed by atoms with E-state index in [4.69, 9.17) is 5.73 Å². The monoisotopic (exact) mass is 252 g/mol. The zero-order chi connectivity index (χ0) is 13.1. The minimum Gasteiger partial charge on any atom is -0.326 e. The predicted octanol–water partition coefficient (Wildman–Crippen LogP) is 2.70. The average Bonchev–Trinajstić information content (AvgIpc) is 2.48. The van der Waals surface area contributed by atoms with Gasteiger partial charge in [0.15, 0.2) is 0 Å². The van der Waals surface area contributed by atoms with E-state index in [1.165, 1.54) is 22.3 Å². The number of fused-ring (bicyclic) bond motifs is 1. The molecule has 0 atom stereocenters. The van der Waals surface area contributed by atoms with Crippen molar-refractivity contribution < 1.29 is 0 Å². The van der Waals surface area contributed by atoms with Gasteiger partial charge in [0.2, 0.25) is 0 Å². The van der Waals surface area contributed by atoms with Crippen molar-refractivity contribution in [3.63, 3.8) is 0 Å². The van der Waals surface area contributed by atoms with Gasteiger partial charge >= 0.3 is 0 Å². The summed E-state index contributed by atoms with van der Waals surface area (Å²) >= 11 is 0. The maximum atomic E-state index is 5.70. The number of benzene rings is 2. The van der Waals surface area contributed by atoms with Gasteiger partial charge in [0, 0.05) is 26.2 Å². The van der Waals surface area contributed by atoms with Gasteiger partial charge in [-0.05, 0) is 28.7 Å². The summed E-state index contributed by atoms with van der Waals surface area (Å²) in [6.45, 7) is 3.87. The number of nitrogens with two attached hydrogens (primary N) is 1.